The van der Waals surface area contributed by atoms with Gasteiger partial charge in [-0.15, -0.1) is 10.2 Å². The number of fused-ring (bicyclic) bond motifs is 2. The van der Waals surface area contributed by atoms with Crippen molar-refractivity contribution in [2.75, 3.05) is 0 Å². The number of nitrogens with zero attached hydrogens (tertiary/aromatic N) is 5. The highest BCUT2D eigenvalue weighted by Gasteiger charge is 2.49. The van der Waals surface area contributed by atoms with Crippen molar-refractivity contribution in [3.05, 3.63) is 43.1 Å². The smallest absolute Gasteiger partial charge is 0.252 e. The summed E-state index contributed by atoms with van der Waals surface area (Å²) in [5, 5.41) is 21.8. The molecule has 0 radical (unpaired) electrons. The average Bonchev–Trinajstić information content (AvgIpc) is 3.36. The lowest BCUT2D eigenvalue weighted by Crippen LogP contribution is -2.57. The zero-order valence-electron chi connectivity index (χ0n) is 15.9. The molecule has 2 aliphatic heterocycles. The van der Waals surface area contributed by atoms with Gasteiger partial charge in [-0.1, -0.05) is 0 Å². The topological polar surface area (TPSA) is 98.0 Å². The molecule has 150 valence electrons. The molecule has 4 heterocycles. The van der Waals surface area contributed by atoms with E-state index in [-0.39, 0.29) is 29.0 Å². The van der Waals surface area contributed by atoms with E-state index >= 15 is 0 Å². The van der Waals surface area contributed by atoms with Gasteiger partial charge < -0.3 is 19.7 Å². The Labute approximate surface area is 166 Å². The highest BCUT2D eigenvalue weighted by molar-refractivity contribution is 5.65. The van der Waals surface area contributed by atoms with Crippen molar-refractivity contribution in [2.24, 2.45) is 0 Å². The van der Waals surface area contributed by atoms with Crippen LogP contribution < -0.4 is 10.1 Å². The predicted molar refractivity (Wildman–Crippen MR) is 103 cm³/mol. The third-order valence-electron chi connectivity index (χ3n) is 5.77. The normalized spacial score (nSPS) is 28.4. The van der Waals surface area contributed by atoms with Crippen LogP contribution in [0.4, 0.5) is 4.39 Å². The number of imidazole rings is 1. The molecule has 5 rings (SSSR count). The molecule has 2 fully saturated rings. The van der Waals surface area contributed by atoms with Crippen molar-refractivity contribution in [1.82, 2.24) is 30.0 Å². The highest BCUT2D eigenvalue weighted by Crippen LogP contribution is 2.38. The Morgan fingerprint density at radius 2 is 2.24 bits per heavy atom. The quantitative estimate of drug-likeness (QED) is 0.699. The van der Waals surface area contributed by atoms with Crippen LogP contribution in [0.5, 0.6) is 11.6 Å². The minimum absolute atomic E-state index is 0.0262. The third kappa shape index (κ3) is 3.31. The number of hydrogen-bond acceptors (Lipinski definition) is 7. The van der Waals surface area contributed by atoms with Crippen LogP contribution in [0.15, 0.2) is 43.1 Å². The molecule has 3 aromatic rings. The minimum Gasteiger partial charge on any atom is -0.507 e. The predicted octanol–water partition coefficient (Wildman–Crippen LogP) is 2.43. The fraction of sp³-hybridized carbons (Fsp3) is 0.400. The van der Waals surface area contributed by atoms with E-state index in [2.05, 4.69) is 32.4 Å². The fourth-order valence-electron chi connectivity index (χ4n) is 4.27. The Hall–Kier alpha value is -3.07. The average molecular weight is 396 g/mol. The molecule has 2 aromatic heterocycles. The van der Waals surface area contributed by atoms with Gasteiger partial charge in [0, 0.05) is 36.5 Å². The molecule has 2 saturated heterocycles. The monoisotopic (exact) mass is 396 g/mol. The lowest BCUT2D eigenvalue weighted by Gasteiger charge is -2.38. The number of aromatic hydroxyl groups is 1. The Balaban J connectivity index is 1.33. The summed E-state index contributed by atoms with van der Waals surface area (Å²) >= 11 is 0. The van der Waals surface area contributed by atoms with Gasteiger partial charge in [0.25, 0.3) is 5.88 Å². The summed E-state index contributed by atoms with van der Waals surface area (Å²) in [7, 11) is 0. The van der Waals surface area contributed by atoms with Crippen LogP contribution in [0.25, 0.3) is 17.1 Å². The van der Waals surface area contributed by atoms with Gasteiger partial charge in [0.15, 0.2) is 12.0 Å². The van der Waals surface area contributed by atoms with E-state index < -0.39 is 12.3 Å². The first-order chi connectivity index (χ1) is 14.0. The molecule has 9 heteroatoms. The van der Waals surface area contributed by atoms with Gasteiger partial charge in [-0.3, -0.25) is 0 Å². The number of rotatable bonds is 4. The molecule has 0 aliphatic carbocycles. The number of ether oxygens (including phenoxy) is 1. The number of nitrogens with one attached hydrogen (secondary N) is 1. The van der Waals surface area contributed by atoms with Crippen LogP contribution in [0, 0.1) is 0 Å². The van der Waals surface area contributed by atoms with E-state index in [0.29, 0.717) is 12.0 Å². The standard InChI is InChI=1S/C20H21FN6O2/c1-20-5-4-14(24-20)18(21)16(9-20)29-17-10-23-19(26-25-17)13-3-2-12(8-15(13)28)27-7-6-22-11-27/h2-3,6-8,10-11,14,16,18,24,28H,4-5,9H2,1H3/t14-,16+,18-,20+/m1/s1. The van der Waals surface area contributed by atoms with Crippen LogP contribution in [0.1, 0.15) is 26.2 Å². The molecular formula is C20H21FN6O2. The van der Waals surface area contributed by atoms with Gasteiger partial charge >= 0.3 is 0 Å². The lowest BCUT2D eigenvalue weighted by atomic mass is 9.90. The van der Waals surface area contributed by atoms with E-state index in [1.54, 1.807) is 35.4 Å². The minimum atomic E-state index is -1.09. The van der Waals surface area contributed by atoms with Crippen molar-refractivity contribution < 1.29 is 14.2 Å². The molecule has 0 amide bonds. The maximum absolute atomic E-state index is 14.7. The van der Waals surface area contributed by atoms with Crippen molar-refractivity contribution in [3.63, 3.8) is 0 Å². The second-order valence-electron chi connectivity index (χ2n) is 7.95. The Kier molecular flexibility index (Phi) is 4.20. The maximum atomic E-state index is 14.7. The summed E-state index contributed by atoms with van der Waals surface area (Å²) in [5.74, 6) is 0.473. The van der Waals surface area contributed by atoms with Crippen LogP contribution in [0.2, 0.25) is 0 Å². The first-order valence-corrected chi connectivity index (χ1v) is 9.61. The SMILES string of the molecule is C[C@@]12CC[C@@H](N1)[C@@H](F)[C@@H](Oc1cnc(-c3ccc(-n4ccnc4)cc3O)nn1)C2. The van der Waals surface area contributed by atoms with E-state index in [4.69, 9.17) is 4.74 Å². The van der Waals surface area contributed by atoms with Gasteiger partial charge in [0.2, 0.25) is 0 Å². The number of piperidine rings is 1. The summed E-state index contributed by atoms with van der Waals surface area (Å²) in [6, 6.07) is 4.96. The zero-order valence-corrected chi connectivity index (χ0v) is 15.9. The summed E-state index contributed by atoms with van der Waals surface area (Å²) in [5.41, 5.74) is 1.12. The molecule has 2 aliphatic rings. The number of alkyl halides is 1. The molecule has 1 aromatic carbocycles. The van der Waals surface area contributed by atoms with E-state index in [1.165, 1.54) is 6.20 Å². The number of phenols is 1. The van der Waals surface area contributed by atoms with Crippen LogP contribution >= 0.6 is 0 Å². The largest absolute Gasteiger partial charge is 0.507 e. The molecule has 4 atom stereocenters. The summed E-state index contributed by atoms with van der Waals surface area (Å²) < 4.78 is 22.2. The Bertz CT molecular complexity index is 1010. The third-order valence-corrected chi connectivity index (χ3v) is 5.77. The van der Waals surface area contributed by atoms with E-state index in [1.807, 2.05) is 6.07 Å². The van der Waals surface area contributed by atoms with Crippen molar-refractivity contribution in [2.45, 2.75) is 50.0 Å². The van der Waals surface area contributed by atoms with Crippen LogP contribution in [-0.2, 0) is 0 Å². The molecule has 29 heavy (non-hydrogen) atoms. The molecule has 2 bridgehead atoms. The number of halogens is 1. The van der Waals surface area contributed by atoms with Gasteiger partial charge in [-0.25, -0.2) is 14.4 Å². The number of phenolic OH excluding ortho intramolecular Hbond substituents is 1. The Morgan fingerprint density at radius 1 is 1.34 bits per heavy atom. The number of aromatic nitrogens is 5. The van der Waals surface area contributed by atoms with Crippen molar-refractivity contribution in [1.29, 1.82) is 0 Å². The molecular weight excluding hydrogens is 375 g/mol. The molecule has 0 unspecified atom stereocenters. The second kappa shape index (κ2) is 6.77. The van der Waals surface area contributed by atoms with Gasteiger partial charge in [0.05, 0.1) is 23.8 Å². The van der Waals surface area contributed by atoms with Crippen molar-refractivity contribution in [3.8, 4) is 28.7 Å². The zero-order chi connectivity index (χ0) is 20.0. The van der Waals surface area contributed by atoms with Crippen LogP contribution in [-0.4, -0.2) is 53.7 Å². The molecule has 0 saturated carbocycles. The second-order valence-corrected chi connectivity index (χ2v) is 7.95. The van der Waals surface area contributed by atoms with Crippen LogP contribution in [0.3, 0.4) is 0 Å². The Morgan fingerprint density at radius 3 is 2.97 bits per heavy atom. The first kappa shape index (κ1) is 18.0. The van der Waals surface area contributed by atoms with Gasteiger partial charge in [-0.05, 0) is 31.9 Å². The first-order valence-electron chi connectivity index (χ1n) is 9.61. The van der Waals surface area contributed by atoms with Crippen molar-refractivity contribution >= 4 is 0 Å². The molecule has 8 nitrogen and oxygen atoms in total. The lowest BCUT2D eigenvalue weighted by molar-refractivity contribution is 0.0231. The van der Waals surface area contributed by atoms with Gasteiger partial charge in [0.1, 0.15) is 11.9 Å². The summed E-state index contributed by atoms with van der Waals surface area (Å²) in [4.78, 5) is 8.24. The summed E-state index contributed by atoms with van der Waals surface area (Å²) in [6.07, 6.45) is 7.17. The number of benzene rings is 1. The highest BCUT2D eigenvalue weighted by atomic mass is 19.1. The fourth-order valence-corrected chi connectivity index (χ4v) is 4.27. The maximum Gasteiger partial charge on any atom is 0.252 e. The molecule has 2 N–H and O–H groups in total. The molecule has 0 spiro atoms. The van der Waals surface area contributed by atoms with E-state index in [9.17, 15) is 9.50 Å². The van der Waals surface area contributed by atoms with E-state index in [0.717, 1.165) is 18.5 Å². The summed E-state index contributed by atoms with van der Waals surface area (Å²) in [6.45, 7) is 2.10. The number of hydrogen-bond donors (Lipinski definition) is 2. The van der Waals surface area contributed by atoms with Gasteiger partial charge in [-0.2, -0.15) is 0 Å².